The summed E-state index contributed by atoms with van der Waals surface area (Å²) in [5.74, 6) is 2.34. The maximum atomic E-state index is 6.01. The van der Waals surface area contributed by atoms with Crippen LogP contribution in [0.3, 0.4) is 0 Å². The van der Waals surface area contributed by atoms with E-state index in [4.69, 9.17) is 11.6 Å². The van der Waals surface area contributed by atoms with E-state index in [9.17, 15) is 0 Å². The third kappa shape index (κ3) is 2.13. The Bertz CT molecular complexity index is 345. The van der Waals surface area contributed by atoms with Gasteiger partial charge in [-0.15, -0.1) is 11.6 Å². The van der Waals surface area contributed by atoms with Gasteiger partial charge < -0.3 is 4.90 Å². The maximum Gasteiger partial charge on any atom is 0.143 e. The number of nitrogens with zero attached hydrogens (tertiary/aromatic N) is 2. The van der Waals surface area contributed by atoms with Crippen molar-refractivity contribution in [3.63, 3.8) is 0 Å². The van der Waals surface area contributed by atoms with Crippen LogP contribution in [0.2, 0.25) is 0 Å². The highest BCUT2D eigenvalue weighted by atomic mass is 79.9. The molecule has 2 atom stereocenters. The van der Waals surface area contributed by atoms with Crippen LogP contribution in [0.5, 0.6) is 0 Å². The molecule has 0 aliphatic carbocycles. The van der Waals surface area contributed by atoms with Gasteiger partial charge in [0.1, 0.15) is 5.82 Å². The summed E-state index contributed by atoms with van der Waals surface area (Å²) >= 11 is 9.55. The molecule has 1 aromatic heterocycles. The summed E-state index contributed by atoms with van der Waals surface area (Å²) in [7, 11) is 0. The van der Waals surface area contributed by atoms with Gasteiger partial charge in [-0.05, 0) is 40.4 Å². The summed E-state index contributed by atoms with van der Waals surface area (Å²) in [6, 6.07) is 4.37. The number of halogens is 2. The van der Waals surface area contributed by atoms with E-state index < -0.39 is 0 Å². The molecule has 0 aromatic carbocycles. The van der Waals surface area contributed by atoms with Crippen LogP contribution >= 0.6 is 27.5 Å². The Morgan fingerprint density at radius 3 is 3.13 bits per heavy atom. The molecule has 82 valence electrons. The van der Waals surface area contributed by atoms with Crippen molar-refractivity contribution in [3.05, 3.63) is 22.8 Å². The van der Waals surface area contributed by atoms with E-state index in [2.05, 4.69) is 32.7 Å². The molecule has 0 spiro atoms. The fraction of sp³-hybridized carbons (Fsp3) is 0.545. The Balaban J connectivity index is 2.28. The predicted molar refractivity (Wildman–Crippen MR) is 67.6 cm³/mol. The summed E-state index contributed by atoms with van der Waals surface area (Å²) in [6.07, 6.45) is 3.02. The first-order chi connectivity index (χ1) is 7.24. The zero-order chi connectivity index (χ0) is 10.8. The molecule has 4 heteroatoms. The second-order valence-corrected chi connectivity index (χ2v) is 5.15. The third-order valence-electron chi connectivity index (χ3n) is 3.05. The first-order valence-corrected chi connectivity index (χ1v) is 6.50. The van der Waals surface area contributed by atoms with Crippen LogP contribution in [0.25, 0.3) is 0 Å². The number of hydrogen-bond donors (Lipinski definition) is 0. The molecular weight excluding hydrogens is 275 g/mol. The summed E-state index contributed by atoms with van der Waals surface area (Å²) in [5.41, 5.74) is 0. The number of anilines is 1. The first kappa shape index (κ1) is 11.2. The second kappa shape index (κ2) is 4.71. The molecule has 2 unspecified atom stereocenters. The molecule has 2 rings (SSSR count). The third-order valence-corrected chi connectivity index (χ3v) is 3.99. The average molecular weight is 290 g/mol. The lowest BCUT2D eigenvalue weighted by Crippen LogP contribution is -2.34. The van der Waals surface area contributed by atoms with E-state index in [1.807, 2.05) is 18.3 Å². The monoisotopic (exact) mass is 288 g/mol. The largest absolute Gasteiger partial charge is 0.351 e. The Morgan fingerprint density at radius 1 is 1.67 bits per heavy atom. The summed E-state index contributed by atoms with van der Waals surface area (Å²) in [5, 5.41) is 0. The summed E-state index contributed by atoms with van der Waals surface area (Å²) in [4.78, 5) is 6.72. The van der Waals surface area contributed by atoms with Crippen molar-refractivity contribution in [3.8, 4) is 0 Å². The topological polar surface area (TPSA) is 16.1 Å². The van der Waals surface area contributed by atoms with Gasteiger partial charge >= 0.3 is 0 Å². The molecule has 2 nitrogen and oxygen atoms in total. The standard InChI is InChI=1S/C11H14BrClN2/c1-8-4-6-15(10(8)7-13)11-9(12)3-2-5-14-11/h2-3,5,8,10H,4,6-7H2,1H3. The van der Waals surface area contributed by atoms with Crippen LogP contribution in [0.1, 0.15) is 13.3 Å². The number of alkyl halides is 1. The van der Waals surface area contributed by atoms with Crippen molar-refractivity contribution in [2.75, 3.05) is 17.3 Å². The fourth-order valence-electron chi connectivity index (χ4n) is 2.10. The average Bonchev–Trinajstić information content (AvgIpc) is 2.60. The van der Waals surface area contributed by atoms with Crippen LogP contribution in [0.4, 0.5) is 5.82 Å². The van der Waals surface area contributed by atoms with Gasteiger partial charge in [0.15, 0.2) is 0 Å². The number of pyridine rings is 1. The molecule has 1 aromatic rings. The predicted octanol–water partition coefficient (Wildman–Crippen LogP) is 3.30. The van der Waals surface area contributed by atoms with Gasteiger partial charge in [-0.2, -0.15) is 0 Å². The molecule has 0 amide bonds. The normalized spacial score (nSPS) is 25.9. The highest BCUT2D eigenvalue weighted by Gasteiger charge is 2.31. The minimum atomic E-state index is 0.415. The molecule has 0 radical (unpaired) electrons. The lowest BCUT2D eigenvalue weighted by Gasteiger charge is -2.26. The smallest absolute Gasteiger partial charge is 0.143 e. The van der Waals surface area contributed by atoms with Crippen LogP contribution in [-0.2, 0) is 0 Å². The Hall–Kier alpha value is -0.280. The van der Waals surface area contributed by atoms with E-state index in [0.717, 1.165) is 16.8 Å². The van der Waals surface area contributed by atoms with Crippen molar-refractivity contribution in [1.29, 1.82) is 0 Å². The maximum absolute atomic E-state index is 6.01. The van der Waals surface area contributed by atoms with Crippen molar-refractivity contribution >= 4 is 33.3 Å². The fourth-order valence-corrected chi connectivity index (χ4v) is 3.05. The van der Waals surface area contributed by atoms with E-state index in [0.29, 0.717) is 17.8 Å². The molecule has 1 aliphatic heterocycles. The Labute approximate surface area is 104 Å². The van der Waals surface area contributed by atoms with Gasteiger partial charge in [-0.1, -0.05) is 6.92 Å². The highest BCUT2D eigenvalue weighted by Crippen LogP contribution is 2.33. The quantitative estimate of drug-likeness (QED) is 0.777. The van der Waals surface area contributed by atoms with Crippen LogP contribution in [0.15, 0.2) is 22.8 Å². The van der Waals surface area contributed by atoms with Gasteiger partial charge in [0, 0.05) is 24.7 Å². The SMILES string of the molecule is CC1CCN(c2ncccc2Br)C1CCl. The molecule has 1 fully saturated rings. The Kier molecular flexibility index (Phi) is 3.52. The molecule has 0 saturated carbocycles. The number of aromatic nitrogens is 1. The van der Waals surface area contributed by atoms with E-state index in [1.165, 1.54) is 6.42 Å². The Morgan fingerprint density at radius 2 is 2.47 bits per heavy atom. The number of rotatable bonds is 2. The molecule has 0 bridgehead atoms. The second-order valence-electron chi connectivity index (χ2n) is 3.99. The highest BCUT2D eigenvalue weighted by molar-refractivity contribution is 9.10. The van der Waals surface area contributed by atoms with Gasteiger partial charge in [0.2, 0.25) is 0 Å². The molecule has 15 heavy (non-hydrogen) atoms. The molecule has 1 saturated heterocycles. The van der Waals surface area contributed by atoms with Crippen molar-refractivity contribution in [2.24, 2.45) is 5.92 Å². The minimum absolute atomic E-state index is 0.415. The summed E-state index contributed by atoms with van der Waals surface area (Å²) < 4.78 is 1.05. The minimum Gasteiger partial charge on any atom is -0.351 e. The molecule has 0 N–H and O–H groups in total. The van der Waals surface area contributed by atoms with Crippen molar-refractivity contribution in [2.45, 2.75) is 19.4 Å². The lowest BCUT2D eigenvalue weighted by molar-refractivity contribution is 0.548. The van der Waals surface area contributed by atoms with Gasteiger partial charge in [-0.25, -0.2) is 4.98 Å². The van der Waals surface area contributed by atoms with Crippen molar-refractivity contribution < 1.29 is 0 Å². The lowest BCUT2D eigenvalue weighted by atomic mass is 10.1. The van der Waals surface area contributed by atoms with E-state index in [-0.39, 0.29) is 0 Å². The molecular formula is C11H14BrClN2. The number of hydrogen-bond acceptors (Lipinski definition) is 2. The van der Waals surface area contributed by atoms with Crippen LogP contribution in [-0.4, -0.2) is 23.5 Å². The van der Waals surface area contributed by atoms with Gasteiger partial charge in [0.25, 0.3) is 0 Å². The van der Waals surface area contributed by atoms with Crippen LogP contribution in [0, 0.1) is 5.92 Å². The molecule has 2 heterocycles. The first-order valence-electron chi connectivity index (χ1n) is 5.17. The van der Waals surface area contributed by atoms with Crippen molar-refractivity contribution in [1.82, 2.24) is 4.98 Å². The zero-order valence-corrected chi connectivity index (χ0v) is 11.0. The van der Waals surface area contributed by atoms with E-state index in [1.54, 1.807) is 0 Å². The molecule has 1 aliphatic rings. The van der Waals surface area contributed by atoms with Gasteiger partial charge in [0.05, 0.1) is 4.47 Å². The van der Waals surface area contributed by atoms with E-state index >= 15 is 0 Å². The van der Waals surface area contributed by atoms with Crippen LogP contribution < -0.4 is 4.90 Å². The summed E-state index contributed by atoms with van der Waals surface area (Å²) in [6.45, 7) is 3.30. The van der Waals surface area contributed by atoms with Gasteiger partial charge in [-0.3, -0.25) is 0 Å². The zero-order valence-electron chi connectivity index (χ0n) is 8.66.